The largest absolute Gasteiger partial charge is 0.388 e. The minimum atomic E-state index is -0.467. The van der Waals surface area contributed by atoms with E-state index in [-0.39, 0.29) is 5.78 Å². The number of aliphatic hydroxyl groups excluding tert-OH is 1. The molecule has 1 atom stereocenters. The van der Waals surface area contributed by atoms with Crippen LogP contribution in [0.4, 0.5) is 0 Å². The van der Waals surface area contributed by atoms with Gasteiger partial charge in [-0.05, 0) is 25.2 Å². The third kappa shape index (κ3) is 1.90. The van der Waals surface area contributed by atoms with E-state index < -0.39 is 6.10 Å². The monoisotopic (exact) mass is 194 g/mol. The van der Waals surface area contributed by atoms with E-state index in [1.54, 1.807) is 0 Å². The Morgan fingerprint density at radius 2 is 2.00 bits per heavy atom. The standard InChI is InChI=1S/C12H18O2/c13-11-8-4-7-10(11)12(14)9-5-2-1-3-6-9/h7,9,12,14H,1-6,8H2/t12-/m1/s1. The SMILES string of the molecule is O=C1CCC=C1[C@H](O)C1CCCCC1. The Labute approximate surface area is 85.0 Å². The topological polar surface area (TPSA) is 37.3 Å². The van der Waals surface area contributed by atoms with E-state index >= 15 is 0 Å². The average Bonchev–Trinajstić information content (AvgIpc) is 2.65. The fraction of sp³-hybridized carbons (Fsp3) is 0.750. The summed E-state index contributed by atoms with van der Waals surface area (Å²) < 4.78 is 0. The molecule has 1 N–H and O–H groups in total. The van der Waals surface area contributed by atoms with Gasteiger partial charge in [-0.15, -0.1) is 0 Å². The number of hydrogen-bond acceptors (Lipinski definition) is 2. The van der Waals surface area contributed by atoms with Crippen LogP contribution in [0.3, 0.4) is 0 Å². The first-order valence-electron chi connectivity index (χ1n) is 5.70. The quantitative estimate of drug-likeness (QED) is 0.731. The lowest BCUT2D eigenvalue weighted by molar-refractivity contribution is -0.116. The van der Waals surface area contributed by atoms with Crippen molar-refractivity contribution in [3.8, 4) is 0 Å². The lowest BCUT2D eigenvalue weighted by Gasteiger charge is -2.26. The summed E-state index contributed by atoms with van der Waals surface area (Å²) in [6, 6.07) is 0. The molecule has 0 saturated heterocycles. The highest BCUT2D eigenvalue weighted by Gasteiger charge is 2.29. The molecule has 0 aromatic heterocycles. The zero-order chi connectivity index (χ0) is 9.97. The highest BCUT2D eigenvalue weighted by molar-refractivity contribution is 5.98. The Hall–Kier alpha value is -0.630. The lowest BCUT2D eigenvalue weighted by Crippen LogP contribution is -2.27. The summed E-state index contributed by atoms with van der Waals surface area (Å²) in [5, 5.41) is 10.1. The Bertz CT molecular complexity index is 249. The first-order chi connectivity index (χ1) is 6.79. The van der Waals surface area contributed by atoms with Crippen LogP contribution in [0, 0.1) is 5.92 Å². The Balaban J connectivity index is 1.99. The zero-order valence-electron chi connectivity index (χ0n) is 8.54. The molecule has 0 aromatic rings. The molecule has 78 valence electrons. The minimum absolute atomic E-state index is 0.170. The van der Waals surface area contributed by atoms with Gasteiger partial charge in [0, 0.05) is 12.0 Å². The third-order valence-electron chi connectivity index (χ3n) is 3.47. The van der Waals surface area contributed by atoms with Crippen molar-refractivity contribution in [2.45, 2.75) is 51.0 Å². The predicted molar refractivity (Wildman–Crippen MR) is 54.9 cm³/mol. The fourth-order valence-electron chi connectivity index (χ4n) is 2.61. The molecule has 2 rings (SSSR count). The van der Waals surface area contributed by atoms with Crippen LogP contribution in [0.1, 0.15) is 44.9 Å². The van der Waals surface area contributed by atoms with Crippen LogP contribution < -0.4 is 0 Å². The smallest absolute Gasteiger partial charge is 0.161 e. The van der Waals surface area contributed by atoms with Crippen molar-refractivity contribution in [2.75, 3.05) is 0 Å². The molecule has 2 aliphatic rings. The molecule has 0 spiro atoms. The number of carbonyl (C=O) groups is 1. The summed E-state index contributed by atoms with van der Waals surface area (Å²) in [6.07, 6.45) is 8.80. The van der Waals surface area contributed by atoms with E-state index in [4.69, 9.17) is 0 Å². The van der Waals surface area contributed by atoms with E-state index in [1.165, 1.54) is 19.3 Å². The minimum Gasteiger partial charge on any atom is -0.388 e. The van der Waals surface area contributed by atoms with E-state index in [2.05, 4.69) is 0 Å². The molecule has 0 amide bonds. The van der Waals surface area contributed by atoms with Crippen LogP contribution >= 0.6 is 0 Å². The molecule has 0 bridgehead atoms. The van der Waals surface area contributed by atoms with Crippen LogP contribution in [0.25, 0.3) is 0 Å². The van der Waals surface area contributed by atoms with Crippen LogP contribution in [0.2, 0.25) is 0 Å². The number of hydrogen-bond donors (Lipinski definition) is 1. The van der Waals surface area contributed by atoms with Gasteiger partial charge in [0.15, 0.2) is 5.78 Å². The Kier molecular flexibility index (Phi) is 3.02. The molecule has 14 heavy (non-hydrogen) atoms. The molecule has 2 heteroatoms. The number of rotatable bonds is 2. The van der Waals surface area contributed by atoms with Crippen LogP contribution in [-0.4, -0.2) is 17.0 Å². The second kappa shape index (κ2) is 4.26. The highest BCUT2D eigenvalue weighted by Crippen LogP contribution is 2.31. The van der Waals surface area contributed by atoms with Crippen molar-refractivity contribution in [3.05, 3.63) is 11.6 Å². The van der Waals surface area contributed by atoms with Gasteiger partial charge in [-0.25, -0.2) is 0 Å². The molecule has 2 nitrogen and oxygen atoms in total. The van der Waals surface area contributed by atoms with Gasteiger partial charge in [-0.2, -0.15) is 0 Å². The number of allylic oxidation sites excluding steroid dienone is 1. The van der Waals surface area contributed by atoms with E-state index in [0.29, 0.717) is 17.9 Å². The number of ketones is 1. The third-order valence-corrected chi connectivity index (χ3v) is 3.47. The molecule has 0 heterocycles. The van der Waals surface area contributed by atoms with Crippen molar-refractivity contribution in [1.82, 2.24) is 0 Å². The van der Waals surface area contributed by atoms with Gasteiger partial charge in [-0.3, -0.25) is 4.79 Å². The molecule has 0 aromatic carbocycles. The van der Waals surface area contributed by atoms with Gasteiger partial charge < -0.3 is 5.11 Å². The van der Waals surface area contributed by atoms with Crippen molar-refractivity contribution in [2.24, 2.45) is 5.92 Å². The number of Topliss-reactive ketones (excluding diaryl/α,β-unsaturated/α-hetero) is 1. The van der Waals surface area contributed by atoms with Gasteiger partial charge in [0.2, 0.25) is 0 Å². The first kappa shape index (κ1) is 9.91. The molecule has 0 radical (unpaired) electrons. The molecular weight excluding hydrogens is 176 g/mol. The highest BCUT2D eigenvalue weighted by atomic mass is 16.3. The number of carbonyl (C=O) groups excluding carboxylic acids is 1. The average molecular weight is 194 g/mol. The second-order valence-electron chi connectivity index (χ2n) is 4.46. The zero-order valence-corrected chi connectivity index (χ0v) is 8.54. The second-order valence-corrected chi connectivity index (χ2v) is 4.46. The van der Waals surface area contributed by atoms with Gasteiger partial charge >= 0.3 is 0 Å². The molecule has 1 fully saturated rings. The molecular formula is C12H18O2. The molecule has 1 saturated carbocycles. The van der Waals surface area contributed by atoms with Crippen molar-refractivity contribution >= 4 is 5.78 Å². The molecule has 0 unspecified atom stereocenters. The molecule has 0 aliphatic heterocycles. The maximum atomic E-state index is 11.4. The van der Waals surface area contributed by atoms with E-state index in [9.17, 15) is 9.90 Å². The predicted octanol–water partition coefficient (Wildman–Crippen LogP) is 2.22. The summed E-state index contributed by atoms with van der Waals surface area (Å²) in [7, 11) is 0. The Morgan fingerprint density at radius 1 is 1.29 bits per heavy atom. The van der Waals surface area contributed by atoms with E-state index in [0.717, 1.165) is 19.3 Å². The van der Waals surface area contributed by atoms with Crippen molar-refractivity contribution < 1.29 is 9.90 Å². The normalized spacial score (nSPS) is 26.4. The summed E-state index contributed by atoms with van der Waals surface area (Å²) >= 11 is 0. The summed E-state index contributed by atoms with van der Waals surface area (Å²) in [6.45, 7) is 0. The molecule has 2 aliphatic carbocycles. The van der Waals surface area contributed by atoms with Crippen LogP contribution in [-0.2, 0) is 4.79 Å². The van der Waals surface area contributed by atoms with Crippen LogP contribution in [0.5, 0.6) is 0 Å². The summed E-state index contributed by atoms with van der Waals surface area (Å²) in [4.78, 5) is 11.4. The van der Waals surface area contributed by atoms with Crippen molar-refractivity contribution in [1.29, 1.82) is 0 Å². The van der Waals surface area contributed by atoms with Crippen LogP contribution in [0.15, 0.2) is 11.6 Å². The van der Waals surface area contributed by atoms with Gasteiger partial charge in [-0.1, -0.05) is 25.3 Å². The lowest BCUT2D eigenvalue weighted by atomic mass is 9.82. The maximum absolute atomic E-state index is 11.4. The number of aliphatic hydroxyl groups is 1. The Morgan fingerprint density at radius 3 is 2.57 bits per heavy atom. The van der Waals surface area contributed by atoms with Crippen molar-refractivity contribution in [3.63, 3.8) is 0 Å². The first-order valence-corrected chi connectivity index (χ1v) is 5.70. The summed E-state index contributed by atoms with van der Waals surface area (Å²) in [5.41, 5.74) is 0.705. The summed E-state index contributed by atoms with van der Waals surface area (Å²) in [5.74, 6) is 0.514. The van der Waals surface area contributed by atoms with Gasteiger partial charge in [0.25, 0.3) is 0 Å². The fourth-order valence-corrected chi connectivity index (χ4v) is 2.61. The van der Waals surface area contributed by atoms with Gasteiger partial charge in [0.05, 0.1) is 6.10 Å². The maximum Gasteiger partial charge on any atom is 0.161 e. The van der Waals surface area contributed by atoms with Gasteiger partial charge in [0.1, 0.15) is 0 Å². The van der Waals surface area contributed by atoms with E-state index in [1.807, 2.05) is 6.08 Å².